The van der Waals surface area contributed by atoms with Crippen molar-refractivity contribution in [3.63, 3.8) is 0 Å². The highest BCUT2D eigenvalue weighted by Gasteiger charge is 2.13. The van der Waals surface area contributed by atoms with Crippen LogP contribution in [0.1, 0.15) is 0 Å². The van der Waals surface area contributed by atoms with Crippen LogP contribution in [0, 0.1) is 0 Å². The highest BCUT2D eigenvalue weighted by Crippen LogP contribution is 2.23. The van der Waals surface area contributed by atoms with Crippen molar-refractivity contribution in [3.8, 4) is 0 Å². The summed E-state index contributed by atoms with van der Waals surface area (Å²) in [6.07, 6.45) is 0. The van der Waals surface area contributed by atoms with Crippen molar-refractivity contribution in [1.82, 2.24) is 0 Å². The Balaban J connectivity index is 2.28. The highest BCUT2D eigenvalue weighted by atomic mass is 79.9. The zero-order valence-corrected chi connectivity index (χ0v) is 10.8. The molecule has 2 rings (SSSR count). The molecule has 1 atom stereocenters. The predicted molar refractivity (Wildman–Crippen MR) is 69.7 cm³/mol. The first-order chi connectivity index (χ1) is 7.66. The lowest BCUT2D eigenvalue weighted by atomic mass is 10.3. The molecule has 1 unspecified atom stereocenters. The number of hydrogen-bond donors (Lipinski definition) is 1. The van der Waals surface area contributed by atoms with Gasteiger partial charge >= 0.3 is 0 Å². The first-order valence-electron chi connectivity index (χ1n) is 4.70. The maximum atomic E-state index is 12.1. The highest BCUT2D eigenvalue weighted by molar-refractivity contribution is 9.10. The van der Waals surface area contributed by atoms with Crippen molar-refractivity contribution in [1.29, 1.82) is 0 Å². The predicted octanol–water partition coefficient (Wildman–Crippen LogP) is 3.20. The average Bonchev–Trinajstić information content (AvgIpc) is 2.30. The molecule has 16 heavy (non-hydrogen) atoms. The van der Waals surface area contributed by atoms with Crippen LogP contribution in [0.5, 0.6) is 0 Å². The maximum absolute atomic E-state index is 12.1. The molecule has 0 heterocycles. The standard InChI is InChI=1S/C12H10BrNOS/c13-9-1-5-11(6-2-9)16(15)12-7-3-10(14)4-8-12/h1-8H,14H2. The number of hydrogen-bond acceptors (Lipinski definition) is 2. The van der Waals surface area contributed by atoms with E-state index in [1.807, 2.05) is 24.3 Å². The van der Waals surface area contributed by atoms with E-state index in [0.29, 0.717) is 5.69 Å². The van der Waals surface area contributed by atoms with Gasteiger partial charge in [-0.25, -0.2) is 0 Å². The number of rotatable bonds is 2. The fraction of sp³-hybridized carbons (Fsp3) is 0. The Morgan fingerprint density at radius 1 is 0.875 bits per heavy atom. The second-order valence-corrected chi connectivity index (χ2v) is 5.69. The molecule has 4 heteroatoms. The van der Waals surface area contributed by atoms with E-state index in [2.05, 4.69) is 15.9 Å². The summed E-state index contributed by atoms with van der Waals surface area (Å²) in [5.41, 5.74) is 6.26. The smallest absolute Gasteiger partial charge is 0.158 e. The Hall–Kier alpha value is -0.970. The molecule has 0 fully saturated rings. The van der Waals surface area contributed by atoms with E-state index in [0.717, 1.165) is 14.3 Å². The van der Waals surface area contributed by atoms with Gasteiger partial charge < -0.3 is 10.3 Å². The van der Waals surface area contributed by atoms with Crippen LogP contribution in [0.25, 0.3) is 0 Å². The number of nitrogen functional groups attached to an aromatic ring is 1. The summed E-state index contributed by atoms with van der Waals surface area (Å²) in [6.45, 7) is 0. The van der Waals surface area contributed by atoms with Gasteiger partial charge in [0.05, 0.1) is 0 Å². The molecule has 0 radical (unpaired) electrons. The van der Waals surface area contributed by atoms with Crippen molar-refractivity contribution in [2.75, 3.05) is 5.73 Å². The van der Waals surface area contributed by atoms with Gasteiger partial charge in [0.2, 0.25) is 0 Å². The van der Waals surface area contributed by atoms with Crippen molar-refractivity contribution in [2.24, 2.45) is 0 Å². The van der Waals surface area contributed by atoms with Crippen molar-refractivity contribution in [3.05, 3.63) is 53.0 Å². The van der Waals surface area contributed by atoms with Crippen LogP contribution in [0.4, 0.5) is 5.69 Å². The minimum Gasteiger partial charge on any atom is -0.606 e. The number of halogens is 1. The molecule has 0 spiro atoms. The molecule has 2 N–H and O–H groups in total. The average molecular weight is 296 g/mol. The van der Waals surface area contributed by atoms with Gasteiger partial charge in [-0.1, -0.05) is 15.9 Å². The first-order valence-corrected chi connectivity index (χ1v) is 6.64. The molecule has 2 nitrogen and oxygen atoms in total. The Kier molecular flexibility index (Phi) is 3.53. The Bertz CT molecular complexity index is 424. The van der Waals surface area contributed by atoms with Gasteiger partial charge in [-0.3, -0.25) is 0 Å². The SMILES string of the molecule is Nc1ccc([S+]([O-])c2ccc(Br)cc2)cc1. The topological polar surface area (TPSA) is 49.1 Å². The monoisotopic (exact) mass is 295 g/mol. The maximum Gasteiger partial charge on any atom is 0.158 e. The summed E-state index contributed by atoms with van der Waals surface area (Å²) >= 11 is 2.21. The summed E-state index contributed by atoms with van der Waals surface area (Å²) in [4.78, 5) is 1.55. The first kappa shape index (κ1) is 11.5. The fourth-order valence-corrected chi connectivity index (χ4v) is 2.59. The van der Waals surface area contributed by atoms with E-state index in [9.17, 15) is 4.55 Å². The Morgan fingerprint density at radius 3 is 1.81 bits per heavy atom. The summed E-state index contributed by atoms with van der Waals surface area (Å²) < 4.78 is 13.1. The van der Waals surface area contributed by atoms with Crippen molar-refractivity contribution < 1.29 is 4.55 Å². The lowest BCUT2D eigenvalue weighted by Gasteiger charge is -2.09. The summed E-state index contributed by atoms with van der Waals surface area (Å²) in [5, 5.41) is 0. The fourth-order valence-electron chi connectivity index (χ4n) is 1.29. The lowest BCUT2D eigenvalue weighted by Crippen LogP contribution is -2.01. The van der Waals surface area contributed by atoms with Gasteiger partial charge in [0, 0.05) is 21.3 Å². The normalized spacial score (nSPS) is 12.4. The van der Waals surface area contributed by atoms with Gasteiger partial charge in [0.1, 0.15) is 0 Å². The third kappa shape index (κ3) is 2.58. The molecular formula is C12H10BrNOS. The van der Waals surface area contributed by atoms with Crippen molar-refractivity contribution in [2.45, 2.75) is 9.79 Å². The number of benzene rings is 2. The van der Waals surface area contributed by atoms with Gasteiger partial charge in [-0.05, 0) is 48.5 Å². The van der Waals surface area contributed by atoms with E-state index in [1.165, 1.54) is 0 Å². The largest absolute Gasteiger partial charge is 0.606 e. The molecule has 82 valence electrons. The molecule has 0 aliphatic carbocycles. The van der Waals surface area contributed by atoms with Gasteiger partial charge in [0.15, 0.2) is 9.79 Å². The van der Waals surface area contributed by atoms with Crippen LogP contribution < -0.4 is 5.73 Å². The summed E-state index contributed by atoms with van der Waals surface area (Å²) in [5.74, 6) is 0. The summed E-state index contributed by atoms with van der Waals surface area (Å²) in [7, 11) is 0. The molecule has 0 bridgehead atoms. The van der Waals surface area contributed by atoms with E-state index in [-0.39, 0.29) is 0 Å². The molecule has 0 aliphatic heterocycles. The van der Waals surface area contributed by atoms with Crippen molar-refractivity contribution >= 4 is 32.8 Å². The minimum absolute atomic E-state index is 0.677. The quantitative estimate of drug-likeness (QED) is 0.683. The Morgan fingerprint density at radius 2 is 1.31 bits per heavy atom. The Labute approximate surface area is 106 Å². The van der Waals surface area contributed by atoms with Crippen LogP contribution in [0.2, 0.25) is 0 Å². The number of nitrogens with two attached hydrogens (primary N) is 1. The second kappa shape index (κ2) is 4.91. The van der Waals surface area contributed by atoms with Crippen LogP contribution in [0.15, 0.2) is 62.8 Å². The van der Waals surface area contributed by atoms with Crippen LogP contribution >= 0.6 is 15.9 Å². The third-order valence-corrected chi connectivity index (χ3v) is 4.05. The number of anilines is 1. The van der Waals surface area contributed by atoms with E-state index >= 15 is 0 Å². The molecule has 0 aliphatic rings. The molecule has 0 saturated carbocycles. The van der Waals surface area contributed by atoms with Crippen LogP contribution in [-0.2, 0) is 11.2 Å². The molecular weight excluding hydrogens is 286 g/mol. The van der Waals surface area contributed by atoms with Crippen LogP contribution in [-0.4, -0.2) is 4.55 Å². The van der Waals surface area contributed by atoms with E-state index in [1.54, 1.807) is 24.3 Å². The summed E-state index contributed by atoms with van der Waals surface area (Å²) in [6, 6.07) is 14.5. The third-order valence-electron chi connectivity index (χ3n) is 2.12. The van der Waals surface area contributed by atoms with E-state index < -0.39 is 11.2 Å². The van der Waals surface area contributed by atoms with E-state index in [4.69, 9.17) is 5.73 Å². The minimum atomic E-state index is -1.14. The van der Waals surface area contributed by atoms with Gasteiger partial charge in [-0.2, -0.15) is 0 Å². The zero-order chi connectivity index (χ0) is 11.5. The molecule has 2 aromatic rings. The van der Waals surface area contributed by atoms with Gasteiger partial charge in [-0.15, -0.1) is 0 Å². The molecule has 0 amide bonds. The van der Waals surface area contributed by atoms with Gasteiger partial charge in [0.25, 0.3) is 0 Å². The lowest BCUT2D eigenvalue weighted by molar-refractivity contribution is 0.595. The second-order valence-electron chi connectivity index (χ2n) is 3.29. The molecule has 2 aromatic carbocycles. The van der Waals surface area contributed by atoms with Crippen LogP contribution in [0.3, 0.4) is 0 Å². The molecule has 0 aromatic heterocycles. The molecule has 0 saturated heterocycles. The zero-order valence-electron chi connectivity index (χ0n) is 8.39.